The Hall–Kier alpha value is -2.44. The number of hydrogen-bond donors (Lipinski definition) is 0. The average molecular weight is 281 g/mol. The van der Waals surface area contributed by atoms with Crippen LogP contribution in [0.25, 0.3) is 0 Å². The Morgan fingerprint density at radius 2 is 1.70 bits per heavy atom. The highest BCUT2D eigenvalue weighted by molar-refractivity contribution is 5.87. The van der Waals surface area contributed by atoms with Gasteiger partial charge >= 0.3 is 17.9 Å². The SMILES string of the molecule is CC(=O)OC(C)C(OC(C)=O)OC(=O)c1ccccn1. The zero-order valence-corrected chi connectivity index (χ0v) is 11.4. The maximum absolute atomic E-state index is 11.8. The van der Waals surface area contributed by atoms with Crippen LogP contribution in [-0.2, 0) is 23.8 Å². The summed E-state index contributed by atoms with van der Waals surface area (Å²) < 4.78 is 14.6. The van der Waals surface area contributed by atoms with Crippen LogP contribution in [0.2, 0.25) is 0 Å². The Morgan fingerprint density at radius 1 is 1.05 bits per heavy atom. The van der Waals surface area contributed by atoms with E-state index in [2.05, 4.69) is 4.98 Å². The zero-order valence-electron chi connectivity index (χ0n) is 11.4. The summed E-state index contributed by atoms with van der Waals surface area (Å²) in [5, 5.41) is 0. The first kappa shape index (κ1) is 15.6. The van der Waals surface area contributed by atoms with Crippen LogP contribution in [0.15, 0.2) is 24.4 Å². The highest BCUT2D eigenvalue weighted by atomic mass is 16.7. The molecule has 1 aromatic heterocycles. The Kier molecular flexibility index (Phi) is 5.64. The number of ether oxygens (including phenoxy) is 3. The molecule has 7 nitrogen and oxygen atoms in total. The highest BCUT2D eigenvalue weighted by Gasteiger charge is 2.27. The standard InChI is InChI=1S/C13H15NO6/c1-8(18-9(2)15)13(19-10(3)16)20-12(17)11-6-4-5-7-14-11/h4-8,13H,1-3H3. The third kappa shape index (κ3) is 5.05. The molecule has 7 heteroatoms. The van der Waals surface area contributed by atoms with Crippen LogP contribution in [-0.4, -0.2) is 35.3 Å². The van der Waals surface area contributed by atoms with Gasteiger partial charge in [-0.2, -0.15) is 0 Å². The van der Waals surface area contributed by atoms with E-state index in [1.165, 1.54) is 26.1 Å². The Balaban J connectivity index is 2.76. The first-order valence-corrected chi connectivity index (χ1v) is 5.86. The van der Waals surface area contributed by atoms with Crippen molar-refractivity contribution in [3.63, 3.8) is 0 Å². The van der Waals surface area contributed by atoms with Crippen LogP contribution >= 0.6 is 0 Å². The molecule has 0 saturated heterocycles. The lowest BCUT2D eigenvalue weighted by molar-refractivity contribution is -0.194. The third-order valence-corrected chi connectivity index (χ3v) is 2.11. The minimum atomic E-state index is -1.33. The zero-order chi connectivity index (χ0) is 15.1. The number of pyridine rings is 1. The molecule has 1 heterocycles. The van der Waals surface area contributed by atoms with E-state index in [9.17, 15) is 14.4 Å². The first-order chi connectivity index (χ1) is 9.40. The normalized spacial score (nSPS) is 12.9. The summed E-state index contributed by atoms with van der Waals surface area (Å²) in [6.07, 6.45) is -0.831. The van der Waals surface area contributed by atoms with Gasteiger partial charge < -0.3 is 14.2 Å². The minimum Gasteiger partial charge on any atom is -0.455 e. The maximum atomic E-state index is 11.8. The summed E-state index contributed by atoms with van der Waals surface area (Å²) in [5.41, 5.74) is 0.0553. The van der Waals surface area contributed by atoms with Gasteiger partial charge in [-0.05, 0) is 19.1 Å². The molecule has 0 amide bonds. The molecule has 0 aliphatic carbocycles. The van der Waals surface area contributed by atoms with Gasteiger partial charge in [0, 0.05) is 20.0 Å². The summed E-state index contributed by atoms with van der Waals surface area (Å²) in [4.78, 5) is 37.5. The maximum Gasteiger partial charge on any atom is 0.360 e. The summed E-state index contributed by atoms with van der Waals surface area (Å²) >= 11 is 0. The monoisotopic (exact) mass is 281 g/mol. The van der Waals surface area contributed by atoms with E-state index in [4.69, 9.17) is 14.2 Å². The molecule has 0 saturated carbocycles. The molecule has 0 radical (unpaired) electrons. The molecule has 1 rings (SSSR count). The van der Waals surface area contributed by atoms with Crippen molar-refractivity contribution in [2.24, 2.45) is 0 Å². The molecule has 0 aliphatic rings. The van der Waals surface area contributed by atoms with Gasteiger partial charge in [-0.15, -0.1) is 0 Å². The predicted octanol–water partition coefficient (Wildman–Crippen LogP) is 1.08. The fourth-order valence-electron chi connectivity index (χ4n) is 1.35. The molecule has 1 aromatic rings. The van der Waals surface area contributed by atoms with Gasteiger partial charge in [0.2, 0.25) is 0 Å². The smallest absolute Gasteiger partial charge is 0.360 e. The Labute approximate surface area is 115 Å². The van der Waals surface area contributed by atoms with Crippen molar-refractivity contribution in [2.45, 2.75) is 33.2 Å². The molecule has 0 bridgehead atoms. The molecule has 0 N–H and O–H groups in total. The molecule has 0 fully saturated rings. The van der Waals surface area contributed by atoms with Crippen LogP contribution < -0.4 is 0 Å². The lowest BCUT2D eigenvalue weighted by atomic mass is 10.3. The Bertz CT molecular complexity index is 487. The van der Waals surface area contributed by atoms with Gasteiger partial charge in [0.25, 0.3) is 6.29 Å². The van der Waals surface area contributed by atoms with Gasteiger partial charge in [-0.3, -0.25) is 9.59 Å². The molecule has 2 unspecified atom stereocenters. The first-order valence-electron chi connectivity index (χ1n) is 5.86. The minimum absolute atomic E-state index is 0.0553. The molecule has 0 spiro atoms. The topological polar surface area (TPSA) is 91.8 Å². The van der Waals surface area contributed by atoms with Crippen molar-refractivity contribution in [1.29, 1.82) is 0 Å². The van der Waals surface area contributed by atoms with E-state index in [1.54, 1.807) is 12.1 Å². The second kappa shape index (κ2) is 7.22. The largest absolute Gasteiger partial charge is 0.455 e. The van der Waals surface area contributed by atoms with Gasteiger partial charge in [-0.25, -0.2) is 9.78 Å². The fraction of sp³-hybridized carbons (Fsp3) is 0.385. The number of carbonyl (C=O) groups excluding carboxylic acids is 3. The van der Waals surface area contributed by atoms with Crippen molar-refractivity contribution in [3.05, 3.63) is 30.1 Å². The van der Waals surface area contributed by atoms with E-state index in [0.717, 1.165) is 6.92 Å². The number of carbonyl (C=O) groups is 3. The summed E-state index contributed by atoms with van der Waals surface area (Å²) in [6, 6.07) is 4.70. The van der Waals surface area contributed by atoms with E-state index in [1.807, 2.05) is 0 Å². The second-order valence-electron chi connectivity index (χ2n) is 3.91. The van der Waals surface area contributed by atoms with Crippen molar-refractivity contribution in [1.82, 2.24) is 4.98 Å². The van der Waals surface area contributed by atoms with Crippen molar-refractivity contribution in [2.75, 3.05) is 0 Å². The van der Waals surface area contributed by atoms with Gasteiger partial charge in [0.1, 0.15) is 5.69 Å². The number of rotatable bonds is 5. The summed E-state index contributed by atoms with van der Waals surface area (Å²) in [7, 11) is 0. The number of nitrogens with zero attached hydrogens (tertiary/aromatic N) is 1. The van der Waals surface area contributed by atoms with Crippen LogP contribution in [0.5, 0.6) is 0 Å². The Morgan fingerprint density at radius 3 is 2.20 bits per heavy atom. The molecule has 0 aromatic carbocycles. The van der Waals surface area contributed by atoms with Crippen LogP contribution in [0.3, 0.4) is 0 Å². The molecular weight excluding hydrogens is 266 g/mol. The molecule has 0 aliphatic heterocycles. The van der Waals surface area contributed by atoms with Crippen molar-refractivity contribution in [3.8, 4) is 0 Å². The van der Waals surface area contributed by atoms with Crippen molar-refractivity contribution < 1.29 is 28.6 Å². The lowest BCUT2D eigenvalue weighted by Gasteiger charge is -2.22. The highest BCUT2D eigenvalue weighted by Crippen LogP contribution is 2.10. The van der Waals surface area contributed by atoms with E-state index >= 15 is 0 Å². The summed E-state index contributed by atoms with van der Waals surface area (Å²) in [6.45, 7) is 3.80. The van der Waals surface area contributed by atoms with Gasteiger partial charge in [0.15, 0.2) is 6.10 Å². The lowest BCUT2D eigenvalue weighted by Crippen LogP contribution is -2.36. The third-order valence-electron chi connectivity index (χ3n) is 2.11. The van der Waals surface area contributed by atoms with Gasteiger partial charge in [0.05, 0.1) is 0 Å². The van der Waals surface area contributed by atoms with Gasteiger partial charge in [-0.1, -0.05) is 6.07 Å². The summed E-state index contributed by atoms with van der Waals surface area (Å²) in [5.74, 6) is -2.03. The second-order valence-corrected chi connectivity index (χ2v) is 3.91. The van der Waals surface area contributed by atoms with E-state index in [0.29, 0.717) is 0 Å². The van der Waals surface area contributed by atoms with E-state index in [-0.39, 0.29) is 5.69 Å². The average Bonchev–Trinajstić information content (AvgIpc) is 2.37. The quantitative estimate of drug-likeness (QED) is 0.589. The molecule has 108 valence electrons. The number of hydrogen-bond acceptors (Lipinski definition) is 7. The number of esters is 3. The molecular formula is C13H15NO6. The van der Waals surface area contributed by atoms with Crippen LogP contribution in [0.4, 0.5) is 0 Å². The molecule has 20 heavy (non-hydrogen) atoms. The predicted molar refractivity (Wildman–Crippen MR) is 66.4 cm³/mol. The van der Waals surface area contributed by atoms with Crippen LogP contribution in [0.1, 0.15) is 31.3 Å². The number of aromatic nitrogens is 1. The fourth-order valence-corrected chi connectivity index (χ4v) is 1.35. The van der Waals surface area contributed by atoms with Crippen LogP contribution in [0, 0.1) is 0 Å². The molecule has 2 atom stereocenters. The van der Waals surface area contributed by atoms with E-state index < -0.39 is 30.3 Å². The van der Waals surface area contributed by atoms with Crippen molar-refractivity contribution >= 4 is 17.9 Å².